The van der Waals surface area contributed by atoms with Gasteiger partial charge in [-0.3, -0.25) is 14.6 Å². The lowest BCUT2D eigenvalue weighted by atomic mass is 10.0. The predicted molar refractivity (Wildman–Crippen MR) is 87.9 cm³/mol. The van der Waals surface area contributed by atoms with E-state index in [0.29, 0.717) is 5.69 Å². The Morgan fingerprint density at radius 1 is 1.16 bits per heavy atom. The molecule has 0 amide bonds. The molecule has 0 spiro atoms. The highest BCUT2D eigenvalue weighted by Crippen LogP contribution is 2.21. The number of methoxy groups -OCH3 is 2. The van der Waals surface area contributed by atoms with E-state index in [1.165, 1.54) is 14.2 Å². The van der Waals surface area contributed by atoms with Crippen molar-refractivity contribution in [3.63, 3.8) is 0 Å². The molecular weight excluding hydrogens is 324 g/mol. The molecule has 0 saturated carbocycles. The third kappa shape index (κ3) is 3.32. The van der Waals surface area contributed by atoms with Crippen LogP contribution in [-0.2, 0) is 25.5 Å². The van der Waals surface area contributed by atoms with Gasteiger partial charge in [0.2, 0.25) is 0 Å². The first-order valence-electron chi connectivity index (χ1n) is 7.54. The predicted octanol–water partition coefficient (Wildman–Crippen LogP) is 1.32. The van der Waals surface area contributed by atoms with Crippen molar-refractivity contribution >= 4 is 22.7 Å². The number of hydrogen-bond donors (Lipinski definition) is 0. The Morgan fingerprint density at radius 3 is 2.64 bits per heavy atom. The molecule has 1 aromatic carbocycles. The fourth-order valence-electron chi connectivity index (χ4n) is 2.57. The molecule has 8 heteroatoms. The summed E-state index contributed by atoms with van der Waals surface area (Å²) in [4.78, 5) is 27.7. The molecule has 0 saturated heterocycles. The summed E-state index contributed by atoms with van der Waals surface area (Å²) < 4.78 is 10.9. The van der Waals surface area contributed by atoms with Gasteiger partial charge in [0, 0.05) is 29.6 Å². The first-order chi connectivity index (χ1) is 12.1. The van der Waals surface area contributed by atoms with Gasteiger partial charge in [-0.05, 0) is 12.1 Å². The van der Waals surface area contributed by atoms with E-state index in [-0.39, 0.29) is 6.42 Å². The Balaban J connectivity index is 1.91. The molecule has 2 aromatic heterocycles. The number of benzene rings is 1. The zero-order valence-corrected chi connectivity index (χ0v) is 13.7. The maximum atomic E-state index is 11.8. The molecular formula is C17H16N4O4. The van der Waals surface area contributed by atoms with Gasteiger partial charge in [0.25, 0.3) is 0 Å². The zero-order valence-electron chi connectivity index (χ0n) is 13.7. The van der Waals surface area contributed by atoms with E-state index in [9.17, 15) is 9.59 Å². The molecule has 0 N–H and O–H groups in total. The molecule has 0 bridgehead atoms. The lowest BCUT2D eigenvalue weighted by molar-refractivity contribution is -0.158. The molecule has 0 atom stereocenters. The van der Waals surface area contributed by atoms with Crippen LogP contribution in [0, 0.1) is 5.92 Å². The number of aromatic nitrogens is 4. The smallest absolute Gasteiger partial charge is 0.320 e. The second-order valence-electron chi connectivity index (χ2n) is 5.33. The second-order valence-corrected chi connectivity index (χ2v) is 5.33. The second kappa shape index (κ2) is 7.08. The van der Waals surface area contributed by atoms with Crippen LogP contribution in [0.15, 0.2) is 42.9 Å². The quantitative estimate of drug-likeness (QED) is 0.510. The molecule has 0 fully saturated rings. The topological polar surface area (TPSA) is 96.2 Å². The minimum Gasteiger partial charge on any atom is -0.468 e. The summed E-state index contributed by atoms with van der Waals surface area (Å²) in [6.07, 6.45) is 5.19. The monoisotopic (exact) mass is 340 g/mol. The molecule has 0 aliphatic rings. The molecule has 0 aliphatic heterocycles. The number of nitrogens with zero attached hydrogens (tertiary/aromatic N) is 4. The molecule has 128 valence electrons. The van der Waals surface area contributed by atoms with Crippen molar-refractivity contribution in [2.24, 2.45) is 5.92 Å². The van der Waals surface area contributed by atoms with Gasteiger partial charge in [0.05, 0.1) is 31.8 Å². The van der Waals surface area contributed by atoms with Gasteiger partial charge >= 0.3 is 11.9 Å². The molecule has 25 heavy (non-hydrogen) atoms. The van der Waals surface area contributed by atoms with Crippen LogP contribution in [0.2, 0.25) is 0 Å². The summed E-state index contributed by atoms with van der Waals surface area (Å²) in [5.41, 5.74) is 1.30. The average molecular weight is 340 g/mol. The normalized spacial score (nSPS) is 10.8. The van der Waals surface area contributed by atoms with Crippen molar-refractivity contribution < 1.29 is 19.1 Å². The highest BCUT2D eigenvalue weighted by atomic mass is 16.5. The first kappa shape index (κ1) is 16.6. The molecule has 0 aliphatic carbocycles. The number of pyridine rings is 1. The summed E-state index contributed by atoms with van der Waals surface area (Å²) in [7, 11) is 2.44. The van der Waals surface area contributed by atoms with Crippen molar-refractivity contribution in [3.8, 4) is 5.69 Å². The van der Waals surface area contributed by atoms with Gasteiger partial charge < -0.3 is 9.47 Å². The van der Waals surface area contributed by atoms with Crippen LogP contribution < -0.4 is 0 Å². The SMILES string of the molecule is COC(=O)C(Cc1cn(-c2cccc3cnccc23)nn1)C(=O)OC. The Kier molecular flexibility index (Phi) is 4.69. The summed E-state index contributed by atoms with van der Waals surface area (Å²) in [6, 6.07) is 7.64. The summed E-state index contributed by atoms with van der Waals surface area (Å²) >= 11 is 0. The average Bonchev–Trinajstić information content (AvgIpc) is 3.13. The van der Waals surface area contributed by atoms with Crippen LogP contribution in [0.5, 0.6) is 0 Å². The van der Waals surface area contributed by atoms with Crippen LogP contribution in [0.1, 0.15) is 5.69 Å². The summed E-state index contributed by atoms with van der Waals surface area (Å²) in [5, 5.41) is 10.1. The van der Waals surface area contributed by atoms with Gasteiger partial charge in [0.15, 0.2) is 5.92 Å². The fraction of sp³-hybridized carbons (Fsp3) is 0.235. The third-order valence-electron chi connectivity index (χ3n) is 3.83. The van der Waals surface area contributed by atoms with Crippen molar-refractivity contribution in [2.75, 3.05) is 14.2 Å². The number of rotatable bonds is 5. The fourth-order valence-corrected chi connectivity index (χ4v) is 2.57. The maximum absolute atomic E-state index is 11.8. The van der Waals surface area contributed by atoms with Crippen LogP contribution in [0.3, 0.4) is 0 Å². The minimum absolute atomic E-state index is 0.0473. The van der Waals surface area contributed by atoms with Gasteiger partial charge in [-0.2, -0.15) is 0 Å². The summed E-state index contributed by atoms with van der Waals surface area (Å²) in [6.45, 7) is 0. The van der Waals surface area contributed by atoms with Crippen molar-refractivity contribution in [1.82, 2.24) is 20.0 Å². The Hall–Kier alpha value is -3.29. The number of ether oxygens (including phenoxy) is 2. The molecule has 3 aromatic rings. The number of esters is 2. The standard InChI is InChI=1S/C17H16N4O4/c1-24-16(22)14(17(23)25-2)8-12-10-21(20-19-12)15-5-3-4-11-9-18-7-6-13(11)15/h3-7,9-10,14H,8H2,1-2H3. The highest BCUT2D eigenvalue weighted by molar-refractivity contribution is 5.95. The van der Waals surface area contributed by atoms with Crippen LogP contribution in [0.4, 0.5) is 0 Å². The van der Waals surface area contributed by atoms with Crippen molar-refractivity contribution in [3.05, 3.63) is 48.5 Å². The minimum atomic E-state index is -1.07. The number of carbonyl (C=O) groups excluding carboxylic acids is 2. The lowest BCUT2D eigenvalue weighted by Gasteiger charge is -2.10. The first-order valence-corrected chi connectivity index (χ1v) is 7.54. The molecule has 2 heterocycles. The van der Waals surface area contributed by atoms with Gasteiger partial charge in [-0.25, -0.2) is 4.68 Å². The largest absolute Gasteiger partial charge is 0.468 e. The lowest BCUT2D eigenvalue weighted by Crippen LogP contribution is -2.28. The van der Waals surface area contributed by atoms with Crippen LogP contribution >= 0.6 is 0 Å². The van der Waals surface area contributed by atoms with E-state index >= 15 is 0 Å². The zero-order chi connectivity index (χ0) is 17.8. The molecule has 0 radical (unpaired) electrons. The van der Waals surface area contributed by atoms with Gasteiger partial charge in [-0.15, -0.1) is 5.10 Å². The Morgan fingerprint density at radius 2 is 1.92 bits per heavy atom. The van der Waals surface area contributed by atoms with E-state index in [0.717, 1.165) is 16.5 Å². The molecule has 8 nitrogen and oxygen atoms in total. The van der Waals surface area contributed by atoms with E-state index in [4.69, 9.17) is 0 Å². The number of hydrogen-bond acceptors (Lipinski definition) is 7. The van der Waals surface area contributed by atoms with E-state index in [1.807, 2.05) is 24.3 Å². The van der Waals surface area contributed by atoms with E-state index in [1.54, 1.807) is 23.3 Å². The van der Waals surface area contributed by atoms with Crippen LogP contribution in [0.25, 0.3) is 16.5 Å². The molecule has 3 rings (SSSR count). The maximum Gasteiger partial charge on any atom is 0.320 e. The van der Waals surface area contributed by atoms with Gasteiger partial charge in [-0.1, -0.05) is 17.3 Å². The van der Waals surface area contributed by atoms with E-state index < -0.39 is 17.9 Å². The Bertz CT molecular complexity index is 900. The third-order valence-corrected chi connectivity index (χ3v) is 3.83. The van der Waals surface area contributed by atoms with Crippen LogP contribution in [-0.4, -0.2) is 46.1 Å². The van der Waals surface area contributed by atoms with Gasteiger partial charge in [0.1, 0.15) is 0 Å². The molecule has 0 unspecified atom stereocenters. The number of fused-ring (bicyclic) bond motifs is 1. The summed E-state index contributed by atoms with van der Waals surface area (Å²) in [5.74, 6) is -2.41. The van der Waals surface area contributed by atoms with Crippen molar-refractivity contribution in [1.29, 1.82) is 0 Å². The number of carbonyl (C=O) groups is 2. The van der Waals surface area contributed by atoms with Crippen molar-refractivity contribution in [2.45, 2.75) is 6.42 Å². The highest BCUT2D eigenvalue weighted by Gasteiger charge is 2.30. The Labute approximate surface area is 143 Å². The van der Waals surface area contributed by atoms with E-state index in [2.05, 4.69) is 24.8 Å².